The van der Waals surface area contributed by atoms with Gasteiger partial charge in [-0.05, 0) is 25.0 Å². The van der Waals surface area contributed by atoms with Gasteiger partial charge in [0.15, 0.2) is 6.10 Å². The van der Waals surface area contributed by atoms with E-state index in [1.165, 1.54) is 4.90 Å². The number of aliphatic carboxylic acids is 1. The van der Waals surface area contributed by atoms with Crippen LogP contribution < -0.4 is 5.32 Å². The van der Waals surface area contributed by atoms with Gasteiger partial charge in [0.2, 0.25) is 0 Å². The van der Waals surface area contributed by atoms with E-state index < -0.39 is 12.1 Å². The number of urea groups is 1. The monoisotopic (exact) mass is 292 g/mol. The second-order valence-corrected chi connectivity index (χ2v) is 5.17. The van der Waals surface area contributed by atoms with E-state index in [-0.39, 0.29) is 25.2 Å². The fourth-order valence-corrected chi connectivity index (χ4v) is 2.41. The van der Waals surface area contributed by atoms with E-state index in [0.717, 1.165) is 11.1 Å². The van der Waals surface area contributed by atoms with Gasteiger partial charge in [0.05, 0.1) is 19.2 Å². The first-order chi connectivity index (χ1) is 9.99. The largest absolute Gasteiger partial charge is 0.479 e. The quantitative estimate of drug-likeness (QED) is 0.886. The number of nitrogens with one attached hydrogen (secondary N) is 1. The smallest absolute Gasteiger partial charge is 0.334 e. The summed E-state index contributed by atoms with van der Waals surface area (Å²) in [5.74, 6) is -1.04. The Labute approximate surface area is 123 Å². The normalized spacial score (nSPS) is 19.9. The number of ether oxygens (including phenoxy) is 1. The summed E-state index contributed by atoms with van der Waals surface area (Å²) in [5, 5.41) is 11.9. The molecule has 2 N–H and O–H groups in total. The predicted octanol–water partition coefficient (Wildman–Crippen LogP) is 1.55. The third-order valence-corrected chi connectivity index (χ3v) is 3.62. The van der Waals surface area contributed by atoms with Crippen molar-refractivity contribution in [1.29, 1.82) is 0 Å². The van der Waals surface area contributed by atoms with E-state index in [9.17, 15) is 9.59 Å². The van der Waals surface area contributed by atoms with E-state index in [4.69, 9.17) is 9.84 Å². The molecule has 2 unspecified atom stereocenters. The first kappa shape index (κ1) is 15.3. The van der Waals surface area contributed by atoms with Crippen LogP contribution in [-0.4, -0.2) is 47.8 Å². The summed E-state index contributed by atoms with van der Waals surface area (Å²) < 4.78 is 5.11. The fraction of sp³-hybridized carbons (Fsp3) is 0.467. The van der Waals surface area contributed by atoms with Gasteiger partial charge >= 0.3 is 12.0 Å². The van der Waals surface area contributed by atoms with Gasteiger partial charge in [-0.3, -0.25) is 0 Å². The van der Waals surface area contributed by atoms with Crippen molar-refractivity contribution < 1.29 is 19.4 Å². The molecule has 1 aromatic rings. The number of carbonyl (C=O) groups excluding carboxylic acids is 1. The second kappa shape index (κ2) is 6.58. The number of carbonyl (C=O) groups is 2. The third-order valence-electron chi connectivity index (χ3n) is 3.62. The van der Waals surface area contributed by atoms with Gasteiger partial charge in [-0.2, -0.15) is 0 Å². The van der Waals surface area contributed by atoms with Crippen LogP contribution in [0.4, 0.5) is 4.79 Å². The summed E-state index contributed by atoms with van der Waals surface area (Å²) in [4.78, 5) is 24.6. The van der Waals surface area contributed by atoms with Gasteiger partial charge in [0, 0.05) is 6.54 Å². The Balaban J connectivity index is 1.98. The summed E-state index contributed by atoms with van der Waals surface area (Å²) >= 11 is 0. The standard InChI is InChI=1S/C15H20N2O4/c1-10-5-3-4-6-12(10)11(2)16-15(20)17-7-8-21-13(9-17)14(18)19/h3-6,11,13H,7-9H2,1-2H3,(H,16,20)(H,18,19). The highest BCUT2D eigenvalue weighted by Crippen LogP contribution is 2.17. The summed E-state index contributed by atoms with van der Waals surface area (Å²) in [6.45, 7) is 4.61. The molecular weight excluding hydrogens is 272 g/mol. The zero-order chi connectivity index (χ0) is 15.4. The van der Waals surface area contributed by atoms with Crippen molar-refractivity contribution in [2.45, 2.75) is 26.0 Å². The lowest BCUT2D eigenvalue weighted by molar-refractivity contribution is -0.154. The van der Waals surface area contributed by atoms with E-state index in [0.29, 0.717) is 6.54 Å². The zero-order valence-electron chi connectivity index (χ0n) is 12.2. The molecule has 114 valence electrons. The van der Waals surface area contributed by atoms with Crippen LogP contribution in [0.3, 0.4) is 0 Å². The molecule has 21 heavy (non-hydrogen) atoms. The summed E-state index contributed by atoms with van der Waals surface area (Å²) in [6, 6.07) is 7.45. The maximum atomic E-state index is 12.2. The van der Waals surface area contributed by atoms with Crippen LogP contribution >= 0.6 is 0 Å². The number of carboxylic acids is 1. The highest BCUT2D eigenvalue weighted by atomic mass is 16.5. The van der Waals surface area contributed by atoms with E-state index in [2.05, 4.69) is 5.32 Å². The average molecular weight is 292 g/mol. The number of hydrogen-bond donors (Lipinski definition) is 2. The van der Waals surface area contributed by atoms with Crippen molar-refractivity contribution in [2.75, 3.05) is 19.7 Å². The highest BCUT2D eigenvalue weighted by molar-refractivity contribution is 5.77. The number of nitrogens with zero attached hydrogens (tertiary/aromatic N) is 1. The van der Waals surface area contributed by atoms with Gasteiger partial charge in [-0.1, -0.05) is 24.3 Å². The Kier molecular flexibility index (Phi) is 4.80. The average Bonchev–Trinajstić information content (AvgIpc) is 2.47. The number of benzene rings is 1. The van der Waals surface area contributed by atoms with Crippen molar-refractivity contribution in [2.24, 2.45) is 0 Å². The van der Waals surface area contributed by atoms with Crippen LogP contribution in [0.15, 0.2) is 24.3 Å². The molecule has 1 heterocycles. The molecule has 1 aliphatic rings. The molecule has 2 atom stereocenters. The molecule has 1 fully saturated rings. The van der Waals surface area contributed by atoms with Gasteiger partial charge in [0.25, 0.3) is 0 Å². The van der Waals surface area contributed by atoms with Crippen LogP contribution in [0.2, 0.25) is 0 Å². The zero-order valence-corrected chi connectivity index (χ0v) is 12.2. The SMILES string of the molecule is Cc1ccccc1C(C)NC(=O)N1CCOC(C(=O)O)C1. The molecule has 0 radical (unpaired) electrons. The first-order valence-electron chi connectivity index (χ1n) is 6.94. The molecule has 1 aromatic carbocycles. The third kappa shape index (κ3) is 3.72. The van der Waals surface area contributed by atoms with Crippen molar-refractivity contribution in [1.82, 2.24) is 10.2 Å². The Bertz CT molecular complexity index is 532. The molecule has 1 aliphatic heterocycles. The molecule has 2 amide bonds. The second-order valence-electron chi connectivity index (χ2n) is 5.17. The van der Waals surface area contributed by atoms with Gasteiger partial charge in [0.1, 0.15) is 0 Å². The topological polar surface area (TPSA) is 78.9 Å². The van der Waals surface area contributed by atoms with Crippen LogP contribution in [0.25, 0.3) is 0 Å². The van der Waals surface area contributed by atoms with Gasteiger partial charge in [-0.25, -0.2) is 9.59 Å². The number of amides is 2. The van der Waals surface area contributed by atoms with E-state index in [1.807, 2.05) is 38.1 Å². The summed E-state index contributed by atoms with van der Waals surface area (Å²) in [7, 11) is 0. The summed E-state index contributed by atoms with van der Waals surface area (Å²) in [5.41, 5.74) is 2.16. The van der Waals surface area contributed by atoms with E-state index in [1.54, 1.807) is 0 Å². The maximum Gasteiger partial charge on any atom is 0.334 e. The molecule has 6 heteroatoms. The number of hydrogen-bond acceptors (Lipinski definition) is 3. The van der Waals surface area contributed by atoms with Crippen molar-refractivity contribution in [3.05, 3.63) is 35.4 Å². The lowest BCUT2D eigenvalue weighted by Crippen LogP contribution is -2.52. The van der Waals surface area contributed by atoms with Gasteiger partial charge in [-0.15, -0.1) is 0 Å². The minimum absolute atomic E-state index is 0.0711. The number of rotatable bonds is 3. The molecule has 0 aliphatic carbocycles. The van der Waals surface area contributed by atoms with Crippen molar-refractivity contribution >= 4 is 12.0 Å². The number of morpholine rings is 1. The minimum Gasteiger partial charge on any atom is -0.479 e. The molecule has 0 bridgehead atoms. The van der Waals surface area contributed by atoms with Crippen LogP contribution in [0.5, 0.6) is 0 Å². The van der Waals surface area contributed by atoms with Crippen molar-refractivity contribution in [3.63, 3.8) is 0 Å². The number of carboxylic acid groups (broad SMARTS) is 1. The van der Waals surface area contributed by atoms with Crippen LogP contribution in [-0.2, 0) is 9.53 Å². The molecule has 0 aromatic heterocycles. The Hall–Kier alpha value is -2.08. The van der Waals surface area contributed by atoms with Crippen molar-refractivity contribution in [3.8, 4) is 0 Å². The fourth-order valence-electron chi connectivity index (χ4n) is 2.41. The molecule has 6 nitrogen and oxygen atoms in total. The molecule has 0 saturated carbocycles. The Morgan fingerprint density at radius 1 is 1.43 bits per heavy atom. The minimum atomic E-state index is -1.04. The predicted molar refractivity (Wildman–Crippen MR) is 77.1 cm³/mol. The summed E-state index contributed by atoms with van der Waals surface area (Å²) in [6.07, 6.45) is -0.946. The highest BCUT2D eigenvalue weighted by Gasteiger charge is 2.29. The first-order valence-corrected chi connectivity index (χ1v) is 6.94. The van der Waals surface area contributed by atoms with Crippen LogP contribution in [0, 0.1) is 6.92 Å². The molecular formula is C15H20N2O4. The number of aryl methyl sites for hydroxylation is 1. The van der Waals surface area contributed by atoms with E-state index >= 15 is 0 Å². The Morgan fingerprint density at radius 2 is 2.14 bits per heavy atom. The maximum absolute atomic E-state index is 12.2. The molecule has 1 saturated heterocycles. The molecule has 0 spiro atoms. The van der Waals surface area contributed by atoms with Crippen LogP contribution in [0.1, 0.15) is 24.1 Å². The lowest BCUT2D eigenvalue weighted by atomic mass is 10.0. The van der Waals surface area contributed by atoms with Gasteiger partial charge < -0.3 is 20.1 Å². The Morgan fingerprint density at radius 3 is 2.81 bits per heavy atom. The lowest BCUT2D eigenvalue weighted by Gasteiger charge is -2.32. The molecule has 2 rings (SSSR count).